The molecule has 2 aromatic rings. The molecule has 2 rings (SSSR count). The maximum Gasteiger partial charge on any atom is 0.331 e. The molecule has 25 heavy (non-hydrogen) atoms. The van der Waals surface area contributed by atoms with Gasteiger partial charge in [-0.2, -0.15) is 0 Å². The molecule has 0 bridgehead atoms. The Bertz CT molecular complexity index is 740. The third kappa shape index (κ3) is 5.80. The normalized spacial score (nSPS) is 11.8. The molecule has 0 aliphatic heterocycles. The van der Waals surface area contributed by atoms with Gasteiger partial charge in [-0.3, -0.25) is 4.79 Å². The van der Waals surface area contributed by atoms with Crippen LogP contribution in [0.1, 0.15) is 19.4 Å². The summed E-state index contributed by atoms with van der Waals surface area (Å²) < 4.78 is 10.6. The number of carbonyl (C=O) groups is 2. The zero-order valence-electron chi connectivity index (χ0n) is 14.3. The number of benzene rings is 2. The molecule has 1 amide bonds. The smallest absolute Gasteiger partial charge is 0.331 e. The number of rotatable bonds is 7. The number of ether oxygens (including phenoxy) is 2. The fourth-order valence-corrected chi connectivity index (χ4v) is 2.08. The first-order valence-electron chi connectivity index (χ1n) is 8.06. The van der Waals surface area contributed by atoms with Crippen molar-refractivity contribution in [1.29, 1.82) is 0 Å². The predicted molar refractivity (Wildman–Crippen MR) is 97.3 cm³/mol. The van der Waals surface area contributed by atoms with Crippen molar-refractivity contribution in [3.05, 3.63) is 66.2 Å². The number of amides is 1. The summed E-state index contributed by atoms with van der Waals surface area (Å²) in [7, 11) is 0. The third-order valence-electron chi connectivity index (χ3n) is 3.32. The van der Waals surface area contributed by atoms with Gasteiger partial charge in [0, 0.05) is 6.08 Å². The van der Waals surface area contributed by atoms with Gasteiger partial charge in [0.15, 0.2) is 6.10 Å². The Morgan fingerprint density at radius 1 is 1.08 bits per heavy atom. The minimum Gasteiger partial charge on any atom is -0.492 e. The van der Waals surface area contributed by atoms with Crippen LogP contribution in [0.25, 0.3) is 6.08 Å². The van der Waals surface area contributed by atoms with Crippen molar-refractivity contribution in [2.75, 3.05) is 11.9 Å². The van der Waals surface area contributed by atoms with Crippen molar-refractivity contribution in [3.8, 4) is 5.75 Å². The summed E-state index contributed by atoms with van der Waals surface area (Å²) in [5.41, 5.74) is 1.42. The van der Waals surface area contributed by atoms with E-state index in [0.29, 0.717) is 18.0 Å². The van der Waals surface area contributed by atoms with Crippen molar-refractivity contribution in [3.63, 3.8) is 0 Å². The lowest BCUT2D eigenvalue weighted by Gasteiger charge is -2.15. The molecule has 0 saturated heterocycles. The lowest BCUT2D eigenvalue weighted by Crippen LogP contribution is -2.29. The molecule has 5 heteroatoms. The van der Waals surface area contributed by atoms with Crippen LogP contribution >= 0.6 is 0 Å². The van der Waals surface area contributed by atoms with Crippen LogP contribution in [0, 0.1) is 0 Å². The molecule has 0 aliphatic carbocycles. The minimum absolute atomic E-state index is 0.423. The quantitative estimate of drug-likeness (QED) is 0.617. The van der Waals surface area contributed by atoms with Crippen LogP contribution < -0.4 is 10.1 Å². The van der Waals surface area contributed by atoms with Crippen molar-refractivity contribution < 1.29 is 19.1 Å². The van der Waals surface area contributed by atoms with Gasteiger partial charge in [0.2, 0.25) is 0 Å². The Labute approximate surface area is 147 Å². The topological polar surface area (TPSA) is 64.6 Å². The zero-order valence-corrected chi connectivity index (χ0v) is 14.3. The number of carbonyl (C=O) groups excluding carboxylic acids is 2. The van der Waals surface area contributed by atoms with Crippen LogP contribution in [0.15, 0.2) is 60.7 Å². The highest BCUT2D eigenvalue weighted by atomic mass is 16.5. The molecule has 0 spiro atoms. The number of para-hydroxylation sites is 2. The van der Waals surface area contributed by atoms with E-state index >= 15 is 0 Å². The maximum atomic E-state index is 12.2. The Hall–Kier alpha value is -3.08. The van der Waals surface area contributed by atoms with E-state index in [1.165, 1.54) is 13.0 Å². The van der Waals surface area contributed by atoms with E-state index in [0.717, 1.165) is 5.56 Å². The summed E-state index contributed by atoms with van der Waals surface area (Å²) in [5, 5.41) is 2.71. The zero-order chi connectivity index (χ0) is 18.1. The van der Waals surface area contributed by atoms with Gasteiger partial charge in [0.25, 0.3) is 5.91 Å². The van der Waals surface area contributed by atoms with E-state index < -0.39 is 18.0 Å². The van der Waals surface area contributed by atoms with Crippen LogP contribution in [0.4, 0.5) is 5.69 Å². The summed E-state index contributed by atoms with van der Waals surface area (Å²) in [6.45, 7) is 3.87. The molecule has 0 radical (unpaired) electrons. The number of hydrogen-bond acceptors (Lipinski definition) is 4. The molecular weight excluding hydrogens is 318 g/mol. The second-order valence-electron chi connectivity index (χ2n) is 5.24. The minimum atomic E-state index is -0.928. The van der Waals surface area contributed by atoms with Gasteiger partial charge in [-0.25, -0.2) is 4.79 Å². The first-order chi connectivity index (χ1) is 12.1. The van der Waals surface area contributed by atoms with E-state index in [2.05, 4.69) is 5.32 Å². The standard InChI is InChI=1S/C20H21NO4/c1-3-24-18-12-8-7-11-17(18)21-20(23)15(2)25-19(22)14-13-16-9-5-4-6-10-16/h4-15H,3H2,1-2H3,(H,21,23)/b14-13+/t15-/m0/s1. The summed E-state index contributed by atoms with van der Waals surface area (Å²) in [4.78, 5) is 24.1. The van der Waals surface area contributed by atoms with E-state index in [9.17, 15) is 9.59 Å². The van der Waals surface area contributed by atoms with E-state index in [-0.39, 0.29) is 0 Å². The lowest BCUT2D eigenvalue weighted by atomic mass is 10.2. The Morgan fingerprint density at radius 3 is 2.48 bits per heavy atom. The second kappa shape index (κ2) is 9.27. The molecule has 1 atom stereocenters. The number of nitrogens with one attached hydrogen (secondary N) is 1. The van der Waals surface area contributed by atoms with Gasteiger partial charge in [-0.05, 0) is 37.6 Å². The van der Waals surface area contributed by atoms with Gasteiger partial charge in [0.05, 0.1) is 12.3 Å². The second-order valence-corrected chi connectivity index (χ2v) is 5.24. The van der Waals surface area contributed by atoms with Gasteiger partial charge in [-0.1, -0.05) is 42.5 Å². The number of esters is 1. The Balaban J connectivity index is 1.92. The van der Waals surface area contributed by atoms with E-state index in [1.54, 1.807) is 24.3 Å². The lowest BCUT2D eigenvalue weighted by molar-refractivity contribution is -0.148. The average molecular weight is 339 g/mol. The van der Waals surface area contributed by atoms with Crippen molar-refractivity contribution in [2.24, 2.45) is 0 Å². The predicted octanol–water partition coefficient (Wildman–Crippen LogP) is 3.67. The largest absolute Gasteiger partial charge is 0.492 e. The Morgan fingerprint density at radius 2 is 1.76 bits per heavy atom. The highest BCUT2D eigenvalue weighted by Gasteiger charge is 2.18. The molecule has 130 valence electrons. The first-order valence-corrected chi connectivity index (χ1v) is 8.06. The van der Waals surface area contributed by atoms with Crippen LogP contribution in [0.5, 0.6) is 5.75 Å². The van der Waals surface area contributed by atoms with Gasteiger partial charge < -0.3 is 14.8 Å². The molecule has 0 aromatic heterocycles. The molecule has 0 saturated carbocycles. The van der Waals surface area contributed by atoms with Crippen molar-refractivity contribution in [1.82, 2.24) is 0 Å². The monoisotopic (exact) mass is 339 g/mol. The molecule has 0 fully saturated rings. The fraction of sp³-hybridized carbons (Fsp3) is 0.200. The fourth-order valence-electron chi connectivity index (χ4n) is 2.08. The molecule has 0 heterocycles. The summed E-state index contributed by atoms with van der Waals surface area (Å²) in [5.74, 6) is -0.431. The highest BCUT2D eigenvalue weighted by molar-refractivity contribution is 5.97. The number of hydrogen-bond donors (Lipinski definition) is 1. The van der Waals surface area contributed by atoms with E-state index in [1.807, 2.05) is 43.3 Å². The summed E-state index contributed by atoms with van der Waals surface area (Å²) in [6.07, 6.45) is 2.01. The first kappa shape index (κ1) is 18.3. The van der Waals surface area contributed by atoms with E-state index in [4.69, 9.17) is 9.47 Å². The summed E-state index contributed by atoms with van der Waals surface area (Å²) >= 11 is 0. The van der Waals surface area contributed by atoms with Crippen molar-refractivity contribution in [2.45, 2.75) is 20.0 Å². The Kier molecular flexibility index (Phi) is 6.77. The van der Waals surface area contributed by atoms with Gasteiger partial charge in [0.1, 0.15) is 5.75 Å². The van der Waals surface area contributed by atoms with Crippen molar-refractivity contribution >= 4 is 23.6 Å². The van der Waals surface area contributed by atoms with Crippen LogP contribution in [0.3, 0.4) is 0 Å². The molecule has 5 nitrogen and oxygen atoms in total. The SMILES string of the molecule is CCOc1ccccc1NC(=O)[C@H](C)OC(=O)/C=C/c1ccccc1. The summed E-state index contributed by atoms with van der Waals surface area (Å²) in [6, 6.07) is 16.5. The molecule has 0 aliphatic rings. The molecule has 1 N–H and O–H groups in total. The molecule has 2 aromatic carbocycles. The van der Waals surface area contributed by atoms with Gasteiger partial charge in [-0.15, -0.1) is 0 Å². The van der Waals surface area contributed by atoms with Crippen LogP contribution in [-0.4, -0.2) is 24.6 Å². The molecular formula is C20H21NO4. The van der Waals surface area contributed by atoms with Crippen LogP contribution in [-0.2, 0) is 14.3 Å². The van der Waals surface area contributed by atoms with Crippen LogP contribution in [0.2, 0.25) is 0 Å². The number of anilines is 1. The van der Waals surface area contributed by atoms with Gasteiger partial charge >= 0.3 is 5.97 Å². The average Bonchev–Trinajstić information content (AvgIpc) is 2.62. The maximum absolute atomic E-state index is 12.2. The third-order valence-corrected chi connectivity index (χ3v) is 3.32. The molecule has 0 unspecified atom stereocenters. The highest BCUT2D eigenvalue weighted by Crippen LogP contribution is 2.23.